The summed E-state index contributed by atoms with van der Waals surface area (Å²) >= 11 is 0. The summed E-state index contributed by atoms with van der Waals surface area (Å²) in [6.07, 6.45) is 0. The fourth-order valence-electron chi connectivity index (χ4n) is 2.37. The van der Waals surface area contributed by atoms with E-state index in [-0.39, 0.29) is 19.3 Å². The Morgan fingerprint density at radius 1 is 1.32 bits per heavy atom. The number of hydrogen-bond donors (Lipinski definition) is 2. The molecule has 104 valence electrons. The topological polar surface area (TPSA) is 70.0 Å². The number of nitrogens with zero attached hydrogens (tertiary/aromatic N) is 1. The molecule has 1 heterocycles. The van der Waals surface area contributed by atoms with Crippen LogP contribution in [-0.4, -0.2) is 47.4 Å². The third-order valence-corrected chi connectivity index (χ3v) is 3.57. The van der Waals surface area contributed by atoms with Crippen molar-refractivity contribution >= 4 is 5.97 Å². The lowest BCUT2D eigenvalue weighted by Gasteiger charge is -2.26. The molecule has 2 rings (SSSR count). The third kappa shape index (κ3) is 3.32. The van der Waals surface area contributed by atoms with Gasteiger partial charge in [0.05, 0.1) is 25.7 Å². The summed E-state index contributed by atoms with van der Waals surface area (Å²) in [5.41, 5.74) is 1.97. The number of likely N-dealkylation sites (N-methyl/N-ethyl adjacent to an activating group) is 1. The Bertz CT molecular complexity index is 432. The standard InChI is InChI=1S/C14H19NO4/c1-15(13-9-19-8-12(13)14(17)18)6-10-2-4-11(7-16)5-3-10/h2-5,12-13,16H,6-9H2,1H3,(H,17,18). The SMILES string of the molecule is CN(Cc1ccc(CO)cc1)C1COCC1C(=O)O. The summed E-state index contributed by atoms with van der Waals surface area (Å²) in [6, 6.07) is 7.57. The van der Waals surface area contributed by atoms with Crippen molar-refractivity contribution in [2.75, 3.05) is 20.3 Å². The number of hydrogen-bond acceptors (Lipinski definition) is 4. The molecule has 2 atom stereocenters. The molecule has 1 aromatic rings. The van der Waals surface area contributed by atoms with E-state index in [9.17, 15) is 4.79 Å². The van der Waals surface area contributed by atoms with E-state index in [1.807, 2.05) is 36.2 Å². The molecule has 1 saturated heterocycles. The fourth-order valence-corrected chi connectivity index (χ4v) is 2.37. The van der Waals surface area contributed by atoms with Gasteiger partial charge in [-0.15, -0.1) is 0 Å². The molecule has 19 heavy (non-hydrogen) atoms. The van der Waals surface area contributed by atoms with E-state index in [0.29, 0.717) is 13.2 Å². The lowest BCUT2D eigenvalue weighted by molar-refractivity contribution is -0.143. The van der Waals surface area contributed by atoms with Crippen LogP contribution in [0, 0.1) is 5.92 Å². The molecule has 2 unspecified atom stereocenters. The Labute approximate surface area is 112 Å². The van der Waals surface area contributed by atoms with Gasteiger partial charge >= 0.3 is 5.97 Å². The average Bonchev–Trinajstić information content (AvgIpc) is 2.89. The van der Waals surface area contributed by atoms with Gasteiger partial charge in [0, 0.05) is 12.6 Å². The first-order chi connectivity index (χ1) is 9.11. The van der Waals surface area contributed by atoms with Crippen LogP contribution >= 0.6 is 0 Å². The van der Waals surface area contributed by atoms with Crippen molar-refractivity contribution in [1.82, 2.24) is 4.90 Å². The monoisotopic (exact) mass is 265 g/mol. The first kappa shape index (κ1) is 14.0. The van der Waals surface area contributed by atoms with Gasteiger partial charge in [-0.2, -0.15) is 0 Å². The molecule has 0 bridgehead atoms. The van der Waals surface area contributed by atoms with Crippen molar-refractivity contribution in [2.24, 2.45) is 5.92 Å². The summed E-state index contributed by atoms with van der Waals surface area (Å²) < 4.78 is 5.27. The van der Waals surface area contributed by atoms with Gasteiger partial charge in [0.1, 0.15) is 0 Å². The van der Waals surface area contributed by atoms with Crippen LogP contribution < -0.4 is 0 Å². The van der Waals surface area contributed by atoms with Crippen LogP contribution in [-0.2, 0) is 22.7 Å². The van der Waals surface area contributed by atoms with E-state index in [2.05, 4.69) is 0 Å². The van der Waals surface area contributed by atoms with E-state index in [4.69, 9.17) is 14.9 Å². The van der Waals surface area contributed by atoms with E-state index < -0.39 is 11.9 Å². The van der Waals surface area contributed by atoms with Crippen LogP contribution in [0.4, 0.5) is 0 Å². The predicted molar refractivity (Wildman–Crippen MR) is 69.6 cm³/mol. The van der Waals surface area contributed by atoms with Crippen LogP contribution in [0.2, 0.25) is 0 Å². The Balaban J connectivity index is 1.99. The highest BCUT2D eigenvalue weighted by atomic mass is 16.5. The third-order valence-electron chi connectivity index (χ3n) is 3.57. The maximum Gasteiger partial charge on any atom is 0.310 e. The lowest BCUT2D eigenvalue weighted by Crippen LogP contribution is -2.40. The molecule has 0 aromatic heterocycles. The maximum absolute atomic E-state index is 11.1. The molecule has 0 radical (unpaired) electrons. The number of carbonyl (C=O) groups is 1. The van der Waals surface area contributed by atoms with Gasteiger partial charge in [0.25, 0.3) is 0 Å². The zero-order valence-electron chi connectivity index (χ0n) is 11.0. The Hall–Kier alpha value is -1.43. The molecule has 1 aromatic carbocycles. The Morgan fingerprint density at radius 3 is 2.53 bits per heavy atom. The number of aliphatic hydroxyl groups excluding tert-OH is 1. The molecule has 1 aliphatic rings. The van der Waals surface area contributed by atoms with Crippen LogP contribution in [0.1, 0.15) is 11.1 Å². The molecule has 0 aliphatic carbocycles. The maximum atomic E-state index is 11.1. The van der Waals surface area contributed by atoms with Gasteiger partial charge in [0.15, 0.2) is 0 Å². The minimum Gasteiger partial charge on any atom is -0.481 e. The van der Waals surface area contributed by atoms with Gasteiger partial charge in [-0.1, -0.05) is 24.3 Å². The number of benzene rings is 1. The Kier molecular flexibility index (Phi) is 4.52. The predicted octanol–water partition coefficient (Wildman–Crippen LogP) is 0.710. The smallest absolute Gasteiger partial charge is 0.310 e. The van der Waals surface area contributed by atoms with Crippen molar-refractivity contribution < 1.29 is 19.7 Å². The number of aliphatic carboxylic acids is 1. The molecular weight excluding hydrogens is 246 g/mol. The number of ether oxygens (including phenoxy) is 1. The zero-order valence-corrected chi connectivity index (χ0v) is 11.0. The van der Waals surface area contributed by atoms with Crippen LogP contribution in [0.5, 0.6) is 0 Å². The molecule has 0 spiro atoms. The molecule has 1 fully saturated rings. The van der Waals surface area contributed by atoms with E-state index >= 15 is 0 Å². The number of rotatable bonds is 5. The lowest BCUT2D eigenvalue weighted by atomic mass is 10.0. The summed E-state index contributed by atoms with van der Waals surface area (Å²) in [4.78, 5) is 13.1. The van der Waals surface area contributed by atoms with Crippen molar-refractivity contribution in [3.8, 4) is 0 Å². The highest BCUT2D eigenvalue weighted by molar-refractivity contribution is 5.71. The quantitative estimate of drug-likeness (QED) is 0.820. The highest BCUT2D eigenvalue weighted by Crippen LogP contribution is 2.20. The Morgan fingerprint density at radius 2 is 1.95 bits per heavy atom. The summed E-state index contributed by atoms with van der Waals surface area (Å²) in [5.74, 6) is -1.26. The number of carboxylic acids is 1. The normalized spacial score (nSPS) is 22.9. The van der Waals surface area contributed by atoms with E-state index in [0.717, 1.165) is 11.1 Å². The average molecular weight is 265 g/mol. The first-order valence-corrected chi connectivity index (χ1v) is 6.31. The van der Waals surface area contributed by atoms with Gasteiger partial charge in [0.2, 0.25) is 0 Å². The molecule has 5 nitrogen and oxygen atoms in total. The van der Waals surface area contributed by atoms with Crippen LogP contribution in [0.25, 0.3) is 0 Å². The summed E-state index contributed by atoms with van der Waals surface area (Å²) in [6.45, 7) is 1.45. The second-order valence-electron chi connectivity index (χ2n) is 4.94. The van der Waals surface area contributed by atoms with Crippen molar-refractivity contribution in [2.45, 2.75) is 19.2 Å². The van der Waals surface area contributed by atoms with Crippen LogP contribution in [0.15, 0.2) is 24.3 Å². The van der Waals surface area contributed by atoms with Gasteiger partial charge in [-0.05, 0) is 18.2 Å². The van der Waals surface area contributed by atoms with Crippen LogP contribution in [0.3, 0.4) is 0 Å². The second-order valence-corrected chi connectivity index (χ2v) is 4.94. The van der Waals surface area contributed by atoms with E-state index in [1.54, 1.807) is 0 Å². The van der Waals surface area contributed by atoms with Gasteiger partial charge < -0.3 is 14.9 Å². The van der Waals surface area contributed by atoms with Gasteiger partial charge in [-0.25, -0.2) is 0 Å². The fraction of sp³-hybridized carbons (Fsp3) is 0.500. The van der Waals surface area contributed by atoms with Crippen molar-refractivity contribution in [3.63, 3.8) is 0 Å². The second kappa shape index (κ2) is 6.14. The highest BCUT2D eigenvalue weighted by Gasteiger charge is 2.36. The summed E-state index contributed by atoms with van der Waals surface area (Å²) in [7, 11) is 1.91. The first-order valence-electron chi connectivity index (χ1n) is 6.31. The number of carboxylic acid groups (broad SMARTS) is 1. The zero-order chi connectivity index (χ0) is 13.8. The number of aliphatic hydroxyl groups is 1. The summed E-state index contributed by atoms with van der Waals surface area (Å²) in [5, 5.41) is 18.1. The molecule has 1 aliphatic heterocycles. The van der Waals surface area contributed by atoms with Crippen molar-refractivity contribution in [3.05, 3.63) is 35.4 Å². The molecule has 0 amide bonds. The van der Waals surface area contributed by atoms with Gasteiger partial charge in [-0.3, -0.25) is 9.69 Å². The minimum absolute atomic E-state index is 0.0354. The van der Waals surface area contributed by atoms with E-state index in [1.165, 1.54) is 0 Å². The minimum atomic E-state index is -0.801. The molecular formula is C14H19NO4. The van der Waals surface area contributed by atoms with Crippen molar-refractivity contribution in [1.29, 1.82) is 0 Å². The molecule has 5 heteroatoms. The molecule has 2 N–H and O–H groups in total. The largest absolute Gasteiger partial charge is 0.481 e. The molecule has 0 saturated carbocycles.